The largest absolute Gasteiger partial charge is 0.487 e. The van der Waals surface area contributed by atoms with E-state index in [4.69, 9.17) is 10.5 Å². The molecular formula is C16H20N2O. The van der Waals surface area contributed by atoms with Gasteiger partial charge in [-0.3, -0.25) is 4.98 Å². The lowest BCUT2D eigenvalue weighted by molar-refractivity contribution is 0.297. The maximum atomic E-state index is 5.89. The topological polar surface area (TPSA) is 48.1 Å². The Morgan fingerprint density at radius 1 is 1.16 bits per heavy atom. The summed E-state index contributed by atoms with van der Waals surface area (Å²) >= 11 is 0. The molecule has 2 rings (SSSR count). The number of aromatic nitrogens is 1. The van der Waals surface area contributed by atoms with Crippen LogP contribution in [0.25, 0.3) is 0 Å². The van der Waals surface area contributed by atoms with Crippen LogP contribution in [-0.2, 0) is 13.0 Å². The Morgan fingerprint density at radius 2 is 1.89 bits per heavy atom. The summed E-state index contributed by atoms with van der Waals surface area (Å²) in [5.74, 6) is 0.950. The van der Waals surface area contributed by atoms with Gasteiger partial charge in [-0.2, -0.15) is 0 Å². The van der Waals surface area contributed by atoms with E-state index in [9.17, 15) is 0 Å². The lowest BCUT2D eigenvalue weighted by Gasteiger charge is -2.13. The molecule has 0 atom stereocenters. The molecular weight excluding hydrogens is 236 g/mol. The van der Waals surface area contributed by atoms with E-state index in [1.165, 1.54) is 5.56 Å². The van der Waals surface area contributed by atoms with Crippen molar-refractivity contribution in [2.75, 3.05) is 6.54 Å². The molecule has 0 aliphatic heterocycles. The van der Waals surface area contributed by atoms with E-state index in [1.807, 2.05) is 18.2 Å². The van der Waals surface area contributed by atoms with Gasteiger partial charge in [-0.1, -0.05) is 18.2 Å². The predicted molar refractivity (Wildman–Crippen MR) is 77.2 cm³/mol. The van der Waals surface area contributed by atoms with E-state index < -0.39 is 0 Å². The molecule has 0 radical (unpaired) electrons. The highest BCUT2D eigenvalue weighted by atomic mass is 16.5. The van der Waals surface area contributed by atoms with Gasteiger partial charge in [0.15, 0.2) is 0 Å². The van der Waals surface area contributed by atoms with Crippen LogP contribution < -0.4 is 10.5 Å². The second-order valence-corrected chi connectivity index (χ2v) is 4.71. The van der Waals surface area contributed by atoms with Gasteiger partial charge in [0.1, 0.15) is 12.4 Å². The van der Waals surface area contributed by atoms with Gasteiger partial charge >= 0.3 is 0 Å². The van der Waals surface area contributed by atoms with Gasteiger partial charge in [0.2, 0.25) is 0 Å². The summed E-state index contributed by atoms with van der Waals surface area (Å²) in [5, 5.41) is 0. The SMILES string of the molecule is Cc1cc(CCN)cc(C)c1OCc1ccccn1. The normalized spacial score (nSPS) is 10.5. The number of ether oxygens (including phenoxy) is 1. The van der Waals surface area contributed by atoms with E-state index in [0.29, 0.717) is 13.2 Å². The number of aryl methyl sites for hydroxylation is 2. The summed E-state index contributed by atoms with van der Waals surface area (Å²) in [6, 6.07) is 10.1. The molecule has 19 heavy (non-hydrogen) atoms. The van der Waals surface area contributed by atoms with E-state index >= 15 is 0 Å². The van der Waals surface area contributed by atoms with E-state index in [0.717, 1.165) is 29.0 Å². The van der Waals surface area contributed by atoms with Crippen LogP contribution in [0.4, 0.5) is 0 Å². The van der Waals surface area contributed by atoms with E-state index in [-0.39, 0.29) is 0 Å². The van der Waals surface area contributed by atoms with E-state index in [1.54, 1.807) is 6.20 Å². The molecule has 0 spiro atoms. The summed E-state index contributed by atoms with van der Waals surface area (Å²) in [4.78, 5) is 4.26. The highest BCUT2D eigenvalue weighted by molar-refractivity contribution is 5.43. The summed E-state index contributed by atoms with van der Waals surface area (Å²) in [7, 11) is 0. The number of rotatable bonds is 5. The van der Waals surface area contributed by atoms with Crippen LogP contribution in [0.15, 0.2) is 36.5 Å². The summed E-state index contributed by atoms with van der Waals surface area (Å²) < 4.78 is 5.89. The fourth-order valence-corrected chi connectivity index (χ4v) is 2.21. The molecule has 1 aromatic carbocycles. The van der Waals surface area contributed by atoms with Gasteiger partial charge in [-0.05, 0) is 55.6 Å². The monoisotopic (exact) mass is 256 g/mol. The summed E-state index contributed by atoms with van der Waals surface area (Å²) in [5.41, 5.74) is 10.1. The van der Waals surface area contributed by atoms with Gasteiger partial charge in [0.05, 0.1) is 5.69 Å². The number of nitrogens with two attached hydrogens (primary N) is 1. The van der Waals surface area contributed by atoms with Crippen LogP contribution in [0.5, 0.6) is 5.75 Å². The minimum atomic E-state index is 0.499. The molecule has 0 amide bonds. The van der Waals surface area contributed by atoms with Crippen LogP contribution in [-0.4, -0.2) is 11.5 Å². The quantitative estimate of drug-likeness (QED) is 0.895. The van der Waals surface area contributed by atoms with Crippen molar-refractivity contribution >= 4 is 0 Å². The average molecular weight is 256 g/mol. The molecule has 2 N–H and O–H groups in total. The van der Waals surface area contributed by atoms with Gasteiger partial charge < -0.3 is 10.5 Å². The van der Waals surface area contributed by atoms with Crippen LogP contribution in [0.3, 0.4) is 0 Å². The Labute approximate surface area is 114 Å². The zero-order chi connectivity index (χ0) is 13.7. The van der Waals surface area contributed by atoms with Crippen molar-refractivity contribution in [2.45, 2.75) is 26.9 Å². The minimum absolute atomic E-state index is 0.499. The zero-order valence-electron chi connectivity index (χ0n) is 11.5. The molecule has 0 aliphatic carbocycles. The second kappa shape index (κ2) is 6.34. The second-order valence-electron chi connectivity index (χ2n) is 4.71. The molecule has 1 heterocycles. The van der Waals surface area contributed by atoms with Crippen LogP contribution in [0.1, 0.15) is 22.4 Å². The fourth-order valence-electron chi connectivity index (χ4n) is 2.21. The standard InChI is InChI=1S/C16H20N2O/c1-12-9-14(6-7-17)10-13(2)16(12)19-11-15-5-3-4-8-18-15/h3-5,8-10H,6-7,11,17H2,1-2H3. The molecule has 0 saturated heterocycles. The fraction of sp³-hybridized carbons (Fsp3) is 0.312. The highest BCUT2D eigenvalue weighted by Crippen LogP contribution is 2.25. The van der Waals surface area contributed by atoms with E-state index in [2.05, 4.69) is 31.0 Å². The summed E-state index contributed by atoms with van der Waals surface area (Å²) in [6.45, 7) is 5.31. The predicted octanol–water partition coefficient (Wildman–Crippen LogP) is 2.78. The lowest BCUT2D eigenvalue weighted by atomic mass is 10.0. The third-order valence-corrected chi connectivity index (χ3v) is 3.04. The first-order chi connectivity index (χ1) is 9.20. The van der Waals surface area contributed by atoms with Crippen LogP contribution in [0, 0.1) is 13.8 Å². The Hall–Kier alpha value is -1.87. The molecule has 0 bridgehead atoms. The zero-order valence-corrected chi connectivity index (χ0v) is 11.5. The third-order valence-electron chi connectivity index (χ3n) is 3.04. The first kappa shape index (κ1) is 13.6. The minimum Gasteiger partial charge on any atom is -0.487 e. The maximum Gasteiger partial charge on any atom is 0.130 e. The summed E-state index contributed by atoms with van der Waals surface area (Å²) in [6.07, 6.45) is 2.69. The van der Waals surface area contributed by atoms with Crippen molar-refractivity contribution in [2.24, 2.45) is 5.73 Å². The molecule has 0 unspecified atom stereocenters. The molecule has 3 heteroatoms. The van der Waals surface area contributed by atoms with Crippen LogP contribution >= 0.6 is 0 Å². The molecule has 1 aromatic heterocycles. The van der Waals surface area contributed by atoms with Crippen LogP contribution in [0.2, 0.25) is 0 Å². The molecule has 2 aromatic rings. The van der Waals surface area contributed by atoms with Gasteiger partial charge in [0.25, 0.3) is 0 Å². The Morgan fingerprint density at radius 3 is 2.47 bits per heavy atom. The van der Waals surface area contributed by atoms with Crippen molar-refractivity contribution in [1.82, 2.24) is 4.98 Å². The van der Waals surface area contributed by atoms with Crippen molar-refractivity contribution < 1.29 is 4.74 Å². The first-order valence-corrected chi connectivity index (χ1v) is 6.53. The number of nitrogens with zero attached hydrogens (tertiary/aromatic N) is 1. The number of benzene rings is 1. The van der Waals surface area contributed by atoms with Crippen molar-refractivity contribution in [1.29, 1.82) is 0 Å². The molecule has 0 fully saturated rings. The Bertz CT molecular complexity index is 515. The van der Waals surface area contributed by atoms with Crippen molar-refractivity contribution in [3.63, 3.8) is 0 Å². The van der Waals surface area contributed by atoms with Crippen molar-refractivity contribution in [3.05, 3.63) is 58.9 Å². The van der Waals surface area contributed by atoms with Gasteiger partial charge in [-0.15, -0.1) is 0 Å². The first-order valence-electron chi connectivity index (χ1n) is 6.53. The van der Waals surface area contributed by atoms with Crippen molar-refractivity contribution in [3.8, 4) is 5.75 Å². The van der Waals surface area contributed by atoms with Gasteiger partial charge in [0, 0.05) is 6.20 Å². The van der Waals surface area contributed by atoms with Gasteiger partial charge in [-0.25, -0.2) is 0 Å². The Balaban J connectivity index is 2.12. The number of pyridine rings is 1. The molecule has 0 saturated carbocycles. The Kier molecular flexibility index (Phi) is 4.53. The number of hydrogen-bond acceptors (Lipinski definition) is 3. The average Bonchev–Trinajstić information content (AvgIpc) is 2.39. The molecule has 100 valence electrons. The molecule has 3 nitrogen and oxygen atoms in total. The number of hydrogen-bond donors (Lipinski definition) is 1. The highest BCUT2D eigenvalue weighted by Gasteiger charge is 2.07. The lowest BCUT2D eigenvalue weighted by Crippen LogP contribution is -2.05. The maximum absolute atomic E-state index is 5.89. The third kappa shape index (κ3) is 3.55. The smallest absolute Gasteiger partial charge is 0.130 e. The molecule has 0 aliphatic rings.